The van der Waals surface area contributed by atoms with Crippen molar-refractivity contribution in [3.8, 4) is 0 Å². The summed E-state index contributed by atoms with van der Waals surface area (Å²) in [6.45, 7) is 2.49. The van der Waals surface area contributed by atoms with Crippen LogP contribution in [-0.4, -0.2) is 10.2 Å². The highest BCUT2D eigenvalue weighted by atomic mass is 32.1. The molecule has 0 aliphatic carbocycles. The van der Waals surface area contributed by atoms with Crippen LogP contribution in [0.3, 0.4) is 0 Å². The number of nitrogens with one attached hydrogen (secondary N) is 4. The van der Waals surface area contributed by atoms with Crippen molar-refractivity contribution < 1.29 is 4.39 Å². The van der Waals surface area contributed by atoms with Crippen LogP contribution in [0.1, 0.15) is 11.1 Å². The first-order valence-electron chi connectivity index (χ1n) is 6.95. The molecule has 4 N–H and O–H groups in total. The minimum absolute atomic E-state index is 0.260. The number of hydrazine groups is 1. The average molecular weight is 348 g/mol. The Hall–Kier alpha value is -2.25. The summed E-state index contributed by atoms with van der Waals surface area (Å²) in [7, 11) is 0. The Morgan fingerprint density at radius 2 is 1.61 bits per heavy atom. The smallest absolute Gasteiger partial charge is 0.189 e. The van der Waals surface area contributed by atoms with Gasteiger partial charge in [0.2, 0.25) is 0 Å². The maximum Gasteiger partial charge on any atom is 0.189 e. The van der Waals surface area contributed by atoms with Gasteiger partial charge < -0.3 is 10.6 Å². The molecule has 7 heteroatoms. The number of halogens is 1. The van der Waals surface area contributed by atoms with Gasteiger partial charge in [0.1, 0.15) is 5.82 Å². The summed E-state index contributed by atoms with van der Waals surface area (Å²) in [5, 5.41) is 6.87. The highest BCUT2D eigenvalue weighted by Gasteiger charge is 2.01. The molecule has 0 radical (unpaired) electrons. The Morgan fingerprint density at radius 3 is 2.30 bits per heavy atom. The molecule has 0 spiro atoms. The molecule has 0 bridgehead atoms. The topological polar surface area (TPSA) is 48.1 Å². The number of anilines is 1. The quantitative estimate of drug-likeness (QED) is 0.505. The van der Waals surface area contributed by atoms with Crippen LogP contribution in [0.2, 0.25) is 0 Å². The van der Waals surface area contributed by atoms with E-state index in [9.17, 15) is 4.39 Å². The summed E-state index contributed by atoms with van der Waals surface area (Å²) in [5.74, 6) is -0.260. The van der Waals surface area contributed by atoms with Crippen molar-refractivity contribution in [2.24, 2.45) is 0 Å². The van der Waals surface area contributed by atoms with Gasteiger partial charge in [0.15, 0.2) is 10.2 Å². The first-order chi connectivity index (χ1) is 11.0. The third-order valence-electron chi connectivity index (χ3n) is 3.05. The fourth-order valence-electron chi connectivity index (χ4n) is 1.81. The molecule has 0 aliphatic rings. The van der Waals surface area contributed by atoms with Crippen LogP contribution in [0.4, 0.5) is 10.1 Å². The van der Waals surface area contributed by atoms with Crippen LogP contribution in [0, 0.1) is 12.7 Å². The van der Waals surface area contributed by atoms with Crippen molar-refractivity contribution in [3.63, 3.8) is 0 Å². The fraction of sp³-hybridized carbons (Fsp3) is 0.125. The number of aryl methyl sites for hydroxylation is 1. The molecule has 0 saturated heterocycles. The minimum atomic E-state index is -0.260. The van der Waals surface area contributed by atoms with Gasteiger partial charge >= 0.3 is 0 Å². The van der Waals surface area contributed by atoms with E-state index in [1.165, 1.54) is 12.1 Å². The maximum absolute atomic E-state index is 12.8. The third-order valence-corrected chi connectivity index (χ3v) is 3.50. The van der Waals surface area contributed by atoms with Crippen LogP contribution < -0.4 is 21.5 Å². The molecule has 2 aromatic rings. The molecule has 4 nitrogen and oxygen atoms in total. The normalized spacial score (nSPS) is 9.83. The predicted molar refractivity (Wildman–Crippen MR) is 99.5 cm³/mol. The van der Waals surface area contributed by atoms with Crippen LogP contribution in [-0.2, 0) is 6.54 Å². The molecule has 0 saturated carbocycles. The third kappa shape index (κ3) is 5.80. The summed E-state index contributed by atoms with van der Waals surface area (Å²) in [5.41, 5.74) is 8.55. The van der Waals surface area contributed by atoms with Crippen molar-refractivity contribution in [1.29, 1.82) is 0 Å². The number of benzene rings is 2. The Morgan fingerprint density at radius 1 is 0.957 bits per heavy atom. The first kappa shape index (κ1) is 17.1. The molecule has 0 aromatic heterocycles. The van der Waals surface area contributed by atoms with Crippen LogP contribution in [0.25, 0.3) is 0 Å². The Labute approximate surface area is 145 Å². The molecule has 0 amide bonds. The Bertz CT molecular complexity index is 689. The van der Waals surface area contributed by atoms with E-state index in [2.05, 4.69) is 21.5 Å². The molecular weight excluding hydrogens is 331 g/mol. The monoisotopic (exact) mass is 348 g/mol. The van der Waals surface area contributed by atoms with Gasteiger partial charge in [-0.15, -0.1) is 0 Å². The number of thiocarbonyl (C=S) groups is 2. The van der Waals surface area contributed by atoms with Gasteiger partial charge in [-0.1, -0.05) is 30.3 Å². The van der Waals surface area contributed by atoms with Crippen molar-refractivity contribution >= 4 is 40.3 Å². The van der Waals surface area contributed by atoms with E-state index in [4.69, 9.17) is 24.4 Å². The van der Waals surface area contributed by atoms with Gasteiger partial charge in [0, 0.05) is 12.2 Å². The Balaban J connectivity index is 1.72. The second kappa shape index (κ2) is 8.40. The summed E-state index contributed by atoms with van der Waals surface area (Å²) in [6, 6.07) is 14.0. The van der Waals surface area contributed by atoms with Gasteiger partial charge in [-0.25, -0.2) is 4.39 Å². The van der Waals surface area contributed by atoms with Crippen LogP contribution in [0.15, 0.2) is 48.5 Å². The van der Waals surface area contributed by atoms with E-state index in [-0.39, 0.29) is 5.82 Å². The maximum atomic E-state index is 12.8. The largest absolute Gasteiger partial charge is 0.357 e. The van der Waals surface area contributed by atoms with Crippen LogP contribution in [0.5, 0.6) is 0 Å². The summed E-state index contributed by atoms with van der Waals surface area (Å²) in [6.07, 6.45) is 0. The van der Waals surface area contributed by atoms with E-state index in [0.29, 0.717) is 16.8 Å². The highest BCUT2D eigenvalue weighted by Crippen LogP contribution is 2.12. The molecule has 0 aliphatic heterocycles. The van der Waals surface area contributed by atoms with Gasteiger partial charge in [0.05, 0.1) is 0 Å². The lowest BCUT2D eigenvalue weighted by molar-refractivity contribution is 0.626. The van der Waals surface area contributed by atoms with Gasteiger partial charge in [-0.05, 0) is 60.7 Å². The zero-order chi connectivity index (χ0) is 16.7. The van der Waals surface area contributed by atoms with Crippen molar-refractivity contribution in [2.75, 3.05) is 5.32 Å². The van der Waals surface area contributed by atoms with Gasteiger partial charge in [0.25, 0.3) is 0 Å². The standard InChI is InChI=1S/C16H17FN4S2/c1-11-4-2-3-5-14(11)19-16(23)21-20-15(22)18-10-12-6-8-13(17)9-7-12/h2-9H,10H2,1H3,(H2,18,20,22)(H2,19,21,23). The van der Waals surface area contributed by atoms with Gasteiger partial charge in [-0.3, -0.25) is 10.9 Å². The number of hydrogen-bond donors (Lipinski definition) is 4. The molecule has 23 heavy (non-hydrogen) atoms. The molecule has 0 fully saturated rings. The molecule has 0 unspecified atom stereocenters. The molecule has 2 aromatic carbocycles. The number of hydrogen-bond acceptors (Lipinski definition) is 2. The Kier molecular flexibility index (Phi) is 6.25. The molecule has 120 valence electrons. The van der Waals surface area contributed by atoms with E-state index in [1.54, 1.807) is 12.1 Å². The van der Waals surface area contributed by atoms with E-state index in [0.717, 1.165) is 16.8 Å². The lowest BCUT2D eigenvalue weighted by Gasteiger charge is -2.15. The molecular formula is C16H17FN4S2. The number of rotatable bonds is 3. The lowest BCUT2D eigenvalue weighted by atomic mass is 10.2. The average Bonchev–Trinajstić information content (AvgIpc) is 2.54. The number of para-hydroxylation sites is 1. The molecule has 0 atom stereocenters. The zero-order valence-corrected chi connectivity index (χ0v) is 14.2. The highest BCUT2D eigenvalue weighted by molar-refractivity contribution is 7.80. The van der Waals surface area contributed by atoms with E-state index < -0.39 is 0 Å². The fourth-order valence-corrected chi connectivity index (χ4v) is 2.09. The summed E-state index contributed by atoms with van der Waals surface area (Å²) >= 11 is 10.3. The van der Waals surface area contributed by atoms with Crippen molar-refractivity contribution in [1.82, 2.24) is 16.2 Å². The van der Waals surface area contributed by atoms with E-state index in [1.807, 2.05) is 31.2 Å². The second-order valence-corrected chi connectivity index (χ2v) is 5.64. The first-order valence-corrected chi connectivity index (χ1v) is 7.77. The molecule has 0 heterocycles. The van der Waals surface area contributed by atoms with Crippen LogP contribution >= 0.6 is 24.4 Å². The van der Waals surface area contributed by atoms with Gasteiger partial charge in [-0.2, -0.15) is 0 Å². The molecule has 2 rings (SSSR count). The predicted octanol–water partition coefficient (Wildman–Crippen LogP) is 3.00. The zero-order valence-electron chi connectivity index (χ0n) is 12.5. The SMILES string of the molecule is Cc1ccccc1NC(=S)NNC(=S)NCc1ccc(F)cc1. The minimum Gasteiger partial charge on any atom is -0.357 e. The summed E-state index contributed by atoms with van der Waals surface area (Å²) in [4.78, 5) is 0. The lowest BCUT2D eigenvalue weighted by Crippen LogP contribution is -2.48. The summed E-state index contributed by atoms with van der Waals surface area (Å²) < 4.78 is 12.8. The van der Waals surface area contributed by atoms with Crippen molar-refractivity contribution in [3.05, 3.63) is 65.5 Å². The van der Waals surface area contributed by atoms with E-state index >= 15 is 0 Å². The second-order valence-electron chi connectivity index (χ2n) is 4.83. The van der Waals surface area contributed by atoms with Crippen molar-refractivity contribution in [2.45, 2.75) is 13.5 Å².